The minimum absolute atomic E-state index is 1.06. The molecule has 2 aromatic rings. The van der Waals surface area contributed by atoms with Crippen molar-refractivity contribution in [1.29, 1.82) is 0 Å². The molecule has 0 unspecified atom stereocenters. The molecule has 2 aromatic carbocycles. The minimum Gasteiger partial charge on any atom is -0.372 e. The molecule has 0 bridgehead atoms. The van der Waals surface area contributed by atoms with Crippen molar-refractivity contribution in [2.75, 3.05) is 18.0 Å². The summed E-state index contributed by atoms with van der Waals surface area (Å²) in [5, 5.41) is 2.73. The third kappa shape index (κ3) is 1.78. The quantitative estimate of drug-likeness (QED) is 0.745. The van der Waals surface area contributed by atoms with Gasteiger partial charge in [-0.3, -0.25) is 0 Å². The SMILES string of the molecule is CCN(CC)c1cccc2cccc(C)c12. The predicted octanol–water partition coefficient (Wildman–Crippen LogP) is 3.99. The monoisotopic (exact) mass is 213 g/mol. The van der Waals surface area contributed by atoms with Gasteiger partial charge in [-0.2, -0.15) is 0 Å². The summed E-state index contributed by atoms with van der Waals surface area (Å²) in [6, 6.07) is 13.1. The molecule has 0 radical (unpaired) electrons. The van der Waals surface area contributed by atoms with Crippen molar-refractivity contribution in [3.63, 3.8) is 0 Å². The summed E-state index contributed by atoms with van der Waals surface area (Å²) >= 11 is 0. The third-order valence-electron chi connectivity index (χ3n) is 3.20. The van der Waals surface area contributed by atoms with Gasteiger partial charge in [0, 0.05) is 24.2 Å². The fourth-order valence-electron chi connectivity index (χ4n) is 2.33. The molecule has 0 aliphatic carbocycles. The second kappa shape index (κ2) is 4.56. The molecule has 2 rings (SSSR count). The molecule has 0 saturated carbocycles. The van der Waals surface area contributed by atoms with E-state index < -0.39 is 0 Å². The molecule has 0 aliphatic rings. The first-order valence-corrected chi connectivity index (χ1v) is 6.01. The summed E-state index contributed by atoms with van der Waals surface area (Å²) in [7, 11) is 0. The van der Waals surface area contributed by atoms with Crippen LogP contribution in [0, 0.1) is 6.92 Å². The van der Waals surface area contributed by atoms with Crippen molar-refractivity contribution < 1.29 is 0 Å². The topological polar surface area (TPSA) is 3.24 Å². The molecule has 0 amide bonds. The number of rotatable bonds is 3. The second-order valence-electron chi connectivity index (χ2n) is 4.12. The lowest BCUT2D eigenvalue weighted by Gasteiger charge is -2.23. The molecule has 0 saturated heterocycles. The maximum Gasteiger partial charge on any atom is 0.0448 e. The van der Waals surface area contributed by atoms with Crippen LogP contribution in [0.15, 0.2) is 36.4 Å². The van der Waals surface area contributed by atoms with Gasteiger partial charge in [-0.15, -0.1) is 0 Å². The van der Waals surface area contributed by atoms with Crippen molar-refractivity contribution in [1.82, 2.24) is 0 Å². The van der Waals surface area contributed by atoms with E-state index in [4.69, 9.17) is 0 Å². The van der Waals surface area contributed by atoms with Crippen LogP contribution in [0.2, 0.25) is 0 Å². The Morgan fingerprint density at radius 2 is 1.56 bits per heavy atom. The summed E-state index contributed by atoms with van der Waals surface area (Å²) in [6.07, 6.45) is 0. The Kier molecular flexibility index (Phi) is 3.14. The number of fused-ring (bicyclic) bond motifs is 1. The summed E-state index contributed by atoms with van der Waals surface area (Å²) in [5.74, 6) is 0. The van der Waals surface area contributed by atoms with Crippen molar-refractivity contribution in [2.24, 2.45) is 0 Å². The average Bonchev–Trinajstić information content (AvgIpc) is 2.31. The highest BCUT2D eigenvalue weighted by Gasteiger charge is 2.07. The van der Waals surface area contributed by atoms with Crippen molar-refractivity contribution in [2.45, 2.75) is 20.8 Å². The van der Waals surface area contributed by atoms with Crippen molar-refractivity contribution in [3.8, 4) is 0 Å². The van der Waals surface area contributed by atoms with Gasteiger partial charge in [-0.05, 0) is 37.8 Å². The Bertz CT molecular complexity index is 479. The summed E-state index contributed by atoms with van der Waals surface area (Å²) in [4.78, 5) is 2.41. The zero-order valence-corrected chi connectivity index (χ0v) is 10.3. The number of aryl methyl sites for hydroxylation is 1. The highest BCUT2D eigenvalue weighted by atomic mass is 15.1. The van der Waals surface area contributed by atoms with Gasteiger partial charge in [0.25, 0.3) is 0 Å². The average molecular weight is 213 g/mol. The number of hydrogen-bond donors (Lipinski definition) is 0. The lowest BCUT2D eigenvalue weighted by atomic mass is 10.0. The van der Waals surface area contributed by atoms with E-state index >= 15 is 0 Å². The zero-order valence-electron chi connectivity index (χ0n) is 10.3. The molecule has 0 aliphatic heterocycles. The van der Waals surface area contributed by atoms with Gasteiger partial charge in [0.1, 0.15) is 0 Å². The van der Waals surface area contributed by atoms with Gasteiger partial charge >= 0.3 is 0 Å². The van der Waals surface area contributed by atoms with Crippen LogP contribution in [0.5, 0.6) is 0 Å². The van der Waals surface area contributed by atoms with Crippen LogP contribution in [-0.4, -0.2) is 13.1 Å². The zero-order chi connectivity index (χ0) is 11.5. The van der Waals surface area contributed by atoms with Gasteiger partial charge in [0.05, 0.1) is 0 Å². The smallest absolute Gasteiger partial charge is 0.0448 e. The van der Waals surface area contributed by atoms with Crippen LogP contribution in [0.4, 0.5) is 5.69 Å². The van der Waals surface area contributed by atoms with Crippen LogP contribution >= 0.6 is 0 Å². The lowest BCUT2D eigenvalue weighted by molar-refractivity contribution is 0.870. The van der Waals surface area contributed by atoms with Crippen LogP contribution in [0.1, 0.15) is 19.4 Å². The normalized spacial score (nSPS) is 10.7. The molecule has 0 aromatic heterocycles. The van der Waals surface area contributed by atoms with E-state index in [2.05, 4.69) is 62.1 Å². The van der Waals surface area contributed by atoms with Crippen molar-refractivity contribution in [3.05, 3.63) is 42.0 Å². The second-order valence-corrected chi connectivity index (χ2v) is 4.12. The van der Waals surface area contributed by atoms with E-state index in [0.29, 0.717) is 0 Å². The fourth-order valence-corrected chi connectivity index (χ4v) is 2.33. The van der Waals surface area contributed by atoms with E-state index in [0.717, 1.165) is 13.1 Å². The van der Waals surface area contributed by atoms with E-state index in [1.54, 1.807) is 0 Å². The Morgan fingerprint density at radius 1 is 0.938 bits per heavy atom. The first-order valence-electron chi connectivity index (χ1n) is 6.01. The molecule has 1 heteroatoms. The third-order valence-corrected chi connectivity index (χ3v) is 3.20. The van der Waals surface area contributed by atoms with Crippen molar-refractivity contribution >= 4 is 16.5 Å². The lowest BCUT2D eigenvalue weighted by Crippen LogP contribution is -2.22. The van der Waals surface area contributed by atoms with Gasteiger partial charge < -0.3 is 4.90 Å². The predicted molar refractivity (Wildman–Crippen MR) is 72.2 cm³/mol. The highest BCUT2D eigenvalue weighted by Crippen LogP contribution is 2.29. The molecule has 0 spiro atoms. The van der Waals surface area contributed by atoms with Crippen LogP contribution in [-0.2, 0) is 0 Å². The van der Waals surface area contributed by atoms with E-state index in [1.165, 1.54) is 22.0 Å². The number of hydrogen-bond acceptors (Lipinski definition) is 1. The maximum atomic E-state index is 2.41. The summed E-state index contributed by atoms with van der Waals surface area (Å²) in [5.41, 5.74) is 2.72. The Hall–Kier alpha value is -1.50. The Morgan fingerprint density at radius 3 is 2.19 bits per heavy atom. The summed E-state index contributed by atoms with van der Waals surface area (Å²) < 4.78 is 0. The first-order chi connectivity index (χ1) is 7.77. The molecular weight excluding hydrogens is 194 g/mol. The Labute approximate surface area is 97.7 Å². The number of anilines is 1. The molecule has 16 heavy (non-hydrogen) atoms. The molecule has 0 fully saturated rings. The molecule has 0 N–H and O–H groups in total. The molecule has 1 nitrogen and oxygen atoms in total. The highest BCUT2D eigenvalue weighted by molar-refractivity contribution is 5.96. The van der Waals surface area contributed by atoms with Gasteiger partial charge in [-0.1, -0.05) is 30.3 Å². The van der Waals surface area contributed by atoms with Gasteiger partial charge in [0.2, 0.25) is 0 Å². The molecule has 0 atom stereocenters. The van der Waals surface area contributed by atoms with Crippen LogP contribution in [0.3, 0.4) is 0 Å². The van der Waals surface area contributed by atoms with E-state index in [1.807, 2.05) is 0 Å². The van der Waals surface area contributed by atoms with Crippen LogP contribution < -0.4 is 4.90 Å². The number of benzene rings is 2. The first kappa shape index (κ1) is 11.0. The van der Waals surface area contributed by atoms with E-state index in [9.17, 15) is 0 Å². The standard InChI is InChI=1S/C15H19N/c1-4-16(5-2)14-11-7-10-13-9-6-8-12(3)15(13)14/h6-11H,4-5H2,1-3H3. The van der Waals surface area contributed by atoms with Crippen LogP contribution in [0.25, 0.3) is 10.8 Å². The molecule has 84 valence electrons. The number of nitrogens with zero attached hydrogens (tertiary/aromatic N) is 1. The van der Waals surface area contributed by atoms with Gasteiger partial charge in [0.15, 0.2) is 0 Å². The molecule has 0 heterocycles. The maximum absolute atomic E-state index is 2.41. The Balaban J connectivity index is 2.69. The minimum atomic E-state index is 1.06. The summed E-state index contributed by atoms with van der Waals surface area (Å²) in [6.45, 7) is 8.73. The largest absolute Gasteiger partial charge is 0.372 e. The fraction of sp³-hybridized carbons (Fsp3) is 0.333. The van der Waals surface area contributed by atoms with E-state index in [-0.39, 0.29) is 0 Å². The van der Waals surface area contributed by atoms with Gasteiger partial charge in [-0.25, -0.2) is 0 Å². The molecular formula is C15H19N.